The van der Waals surface area contributed by atoms with Gasteiger partial charge in [0.1, 0.15) is 5.75 Å². The maximum atomic E-state index is 11.1. The highest BCUT2D eigenvalue weighted by Gasteiger charge is 2.10. The van der Waals surface area contributed by atoms with E-state index < -0.39 is 5.97 Å². The molecule has 91 valence electrons. The Labute approximate surface area is 106 Å². The van der Waals surface area contributed by atoms with Gasteiger partial charge >= 0.3 is 5.97 Å². The summed E-state index contributed by atoms with van der Waals surface area (Å²) in [5.41, 5.74) is 1.68. The zero-order chi connectivity index (χ0) is 13.0. The van der Waals surface area contributed by atoms with Crippen molar-refractivity contribution in [3.63, 3.8) is 0 Å². The van der Waals surface area contributed by atoms with Gasteiger partial charge in [-0.05, 0) is 36.2 Å². The predicted molar refractivity (Wildman–Crippen MR) is 68.8 cm³/mol. The van der Waals surface area contributed by atoms with Crippen molar-refractivity contribution in [1.82, 2.24) is 0 Å². The molecule has 0 amide bonds. The van der Waals surface area contributed by atoms with Gasteiger partial charge < -0.3 is 9.84 Å². The van der Waals surface area contributed by atoms with Crippen molar-refractivity contribution >= 4 is 5.97 Å². The van der Waals surface area contributed by atoms with Gasteiger partial charge in [-0.2, -0.15) is 0 Å². The van der Waals surface area contributed by atoms with Crippen LogP contribution in [0.2, 0.25) is 0 Å². The standard InChI is InChI=1S/C15H13O3/c1-2-18-12-9-7-11(8-10-12)13-5-3-4-6-14(13)15(16)17/h3-5,7-10H,2H2,1H3,(H,16,17). The number of ether oxygens (including phenoxy) is 1. The molecule has 0 unspecified atom stereocenters. The van der Waals surface area contributed by atoms with Crippen LogP contribution in [0.4, 0.5) is 0 Å². The fourth-order valence-corrected chi connectivity index (χ4v) is 1.75. The molecule has 0 aliphatic carbocycles. The second-order valence-corrected chi connectivity index (χ2v) is 3.72. The number of carbonyl (C=O) groups is 1. The molecule has 2 aromatic carbocycles. The molecule has 0 aromatic heterocycles. The Morgan fingerprint density at radius 1 is 1.28 bits per heavy atom. The molecule has 0 bridgehead atoms. The zero-order valence-corrected chi connectivity index (χ0v) is 10.0. The van der Waals surface area contributed by atoms with Crippen LogP contribution in [0.25, 0.3) is 11.1 Å². The van der Waals surface area contributed by atoms with E-state index in [0.29, 0.717) is 12.2 Å². The number of carboxylic acids is 1. The molecular formula is C15H13O3. The first-order chi connectivity index (χ1) is 8.72. The normalized spacial score (nSPS) is 10.1. The van der Waals surface area contributed by atoms with Crippen molar-refractivity contribution in [3.8, 4) is 16.9 Å². The third-order valence-corrected chi connectivity index (χ3v) is 2.55. The van der Waals surface area contributed by atoms with Gasteiger partial charge in [0, 0.05) is 0 Å². The molecule has 0 aliphatic heterocycles. The highest BCUT2D eigenvalue weighted by Crippen LogP contribution is 2.25. The molecule has 2 aromatic rings. The van der Waals surface area contributed by atoms with Gasteiger partial charge in [0.2, 0.25) is 0 Å². The molecule has 1 N–H and O–H groups in total. The summed E-state index contributed by atoms with van der Waals surface area (Å²) in [5, 5.41) is 9.11. The van der Waals surface area contributed by atoms with Crippen LogP contribution < -0.4 is 4.74 Å². The fraction of sp³-hybridized carbons (Fsp3) is 0.133. The molecule has 0 aliphatic rings. The molecule has 18 heavy (non-hydrogen) atoms. The van der Waals surface area contributed by atoms with E-state index in [9.17, 15) is 4.79 Å². The van der Waals surface area contributed by atoms with Crippen molar-refractivity contribution in [1.29, 1.82) is 0 Å². The summed E-state index contributed by atoms with van der Waals surface area (Å²) in [6.45, 7) is 2.53. The minimum absolute atomic E-state index is 0.182. The number of carboxylic acid groups (broad SMARTS) is 1. The monoisotopic (exact) mass is 241 g/mol. The van der Waals surface area contributed by atoms with Crippen LogP contribution in [0.3, 0.4) is 0 Å². The number of rotatable bonds is 4. The zero-order valence-electron chi connectivity index (χ0n) is 10.0. The maximum absolute atomic E-state index is 11.1. The van der Waals surface area contributed by atoms with Crippen LogP contribution in [0.5, 0.6) is 5.75 Å². The summed E-state index contributed by atoms with van der Waals surface area (Å²) in [4.78, 5) is 11.1. The smallest absolute Gasteiger partial charge is 0.336 e. The quantitative estimate of drug-likeness (QED) is 0.893. The molecule has 3 nitrogen and oxygen atoms in total. The Hall–Kier alpha value is -2.29. The topological polar surface area (TPSA) is 46.5 Å². The average molecular weight is 241 g/mol. The number of hydrogen-bond acceptors (Lipinski definition) is 2. The average Bonchev–Trinajstić information content (AvgIpc) is 2.40. The van der Waals surface area contributed by atoms with Gasteiger partial charge in [0.05, 0.1) is 12.2 Å². The molecule has 0 spiro atoms. The van der Waals surface area contributed by atoms with Crippen molar-refractivity contribution in [2.45, 2.75) is 6.92 Å². The number of hydrogen-bond donors (Lipinski definition) is 1. The van der Waals surface area contributed by atoms with Crippen molar-refractivity contribution < 1.29 is 14.6 Å². The van der Waals surface area contributed by atoms with Gasteiger partial charge in [-0.15, -0.1) is 0 Å². The minimum atomic E-state index is -0.973. The molecule has 0 atom stereocenters. The lowest BCUT2D eigenvalue weighted by molar-refractivity contribution is 0.0697. The van der Waals surface area contributed by atoms with E-state index in [0.717, 1.165) is 11.3 Å². The van der Waals surface area contributed by atoms with E-state index in [4.69, 9.17) is 9.84 Å². The molecule has 0 saturated heterocycles. The first kappa shape index (κ1) is 12.2. The predicted octanol–water partition coefficient (Wildman–Crippen LogP) is 3.25. The van der Waals surface area contributed by atoms with Gasteiger partial charge in [0.25, 0.3) is 0 Å². The van der Waals surface area contributed by atoms with Crippen molar-refractivity contribution in [3.05, 3.63) is 54.1 Å². The Kier molecular flexibility index (Phi) is 3.63. The summed E-state index contributed by atoms with van der Waals surface area (Å²) in [5.74, 6) is -0.197. The molecule has 0 heterocycles. The Morgan fingerprint density at radius 3 is 2.61 bits per heavy atom. The summed E-state index contributed by atoms with van der Waals surface area (Å²) in [6, 6.07) is 15.2. The van der Waals surface area contributed by atoms with E-state index in [1.165, 1.54) is 0 Å². The third kappa shape index (κ3) is 2.51. The van der Waals surface area contributed by atoms with E-state index in [2.05, 4.69) is 6.07 Å². The Morgan fingerprint density at radius 2 is 2.00 bits per heavy atom. The third-order valence-electron chi connectivity index (χ3n) is 2.55. The lowest BCUT2D eigenvalue weighted by Gasteiger charge is -2.07. The van der Waals surface area contributed by atoms with E-state index in [1.54, 1.807) is 18.2 Å². The molecule has 0 fully saturated rings. The molecular weight excluding hydrogens is 228 g/mol. The van der Waals surface area contributed by atoms with Crippen molar-refractivity contribution in [2.75, 3.05) is 6.61 Å². The van der Waals surface area contributed by atoms with E-state index in [1.807, 2.05) is 31.2 Å². The van der Waals surface area contributed by atoms with Crippen LogP contribution in [0.15, 0.2) is 42.5 Å². The SMILES string of the molecule is CCOc1ccc(-c2ccc[c]c2C(=O)O)cc1. The lowest BCUT2D eigenvalue weighted by Crippen LogP contribution is -1.99. The van der Waals surface area contributed by atoms with Crippen LogP contribution in [0, 0.1) is 6.07 Å². The van der Waals surface area contributed by atoms with Crippen molar-refractivity contribution in [2.24, 2.45) is 0 Å². The summed E-state index contributed by atoms with van der Waals surface area (Å²) >= 11 is 0. The van der Waals surface area contributed by atoms with Gasteiger partial charge in [-0.1, -0.05) is 30.3 Å². The first-order valence-electron chi connectivity index (χ1n) is 5.69. The maximum Gasteiger partial charge on any atom is 0.336 e. The lowest BCUT2D eigenvalue weighted by atomic mass is 10.00. The van der Waals surface area contributed by atoms with Crippen LogP contribution in [-0.2, 0) is 0 Å². The summed E-state index contributed by atoms with van der Waals surface area (Å²) in [6.07, 6.45) is 0. The number of benzene rings is 2. The molecule has 2 rings (SSSR count). The van der Waals surface area contributed by atoms with E-state index in [-0.39, 0.29) is 5.56 Å². The largest absolute Gasteiger partial charge is 0.494 e. The van der Waals surface area contributed by atoms with Gasteiger partial charge in [0.15, 0.2) is 0 Å². The Bertz CT molecular complexity index is 544. The highest BCUT2D eigenvalue weighted by molar-refractivity contribution is 5.95. The minimum Gasteiger partial charge on any atom is -0.494 e. The molecule has 3 heteroatoms. The molecule has 0 saturated carbocycles. The summed E-state index contributed by atoms with van der Waals surface area (Å²) < 4.78 is 5.35. The fourth-order valence-electron chi connectivity index (χ4n) is 1.75. The van der Waals surface area contributed by atoms with Crippen LogP contribution in [0.1, 0.15) is 17.3 Å². The summed E-state index contributed by atoms with van der Waals surface area (Å²) in [7, 11) is 0. The number of aromatic carboxylic acids is 1. The molecule has 1 radical (unpaired) electrons. The first-order valence-corrected chi connectivity index (χ1v) is 5.69. The highest BCUT2D eigenvalue weighted by atomic mass is 16.5. The second kappa shape index (κ2) is 5.36. The van der Waals surface area contributed by atoms with Gasteiger partial charge in [-0.3, -0.25) is 0 Å². The van der Waals surface area contributed by atoms with E-state index >= 15 is 0 Å². The van der Waals surface area contributed by atoms with Crippen LogP contribution in [-0.4, -0.2) is 17.7 Å². The van der Waals surface area contributed by atoms with Crippen LogP contribution >= 0.6 is 0 Å². The van der Waals surface area contributed by atoms with Gasteiger partial charge in [-0.25, -0.2) is 4.79 Å². The second-order valence-electron chi connectivity index (χ2n) is 3.72. The Balaban J connectivity index is 2.39.